The quantitative estimate of drug-likeness (QED) is 0.799. The summed E-state index contributed by atoms with van der Waals surface area (Å²) in [6.45, 7) is 4.05. The van der Waals surface area contributed by atoms with Gasteiger partial charge in [0.15, 0.2) is 0 Å². The lowest BCUT2D eigenvalue weighted by atomic mass is 10.0. The molecule has 26 heavy (non-hydrogen) atoms. The molecule has 0 fully saturated rings. The minimum absolute atomic E-state index is 0.0246. The lowest BCUT2D eigenvalue weighted by Gasteiger charge is -2.14. The van der Waals surface area contributed by atoms with Crippen molar-refractivity contribution in [3.63, 3.8) is 0 Å². The maximum Gasteiger partial charge on any atom is 0.416 e. The van der Waals surface area contributed by atoms with Crippen LogP contribution in [-0.2, 0) is 30.1 Å². The number of benzene rings is 1. The number of aromatic nitrogens is 2. The van der Waals surface area contributed by atoms with Crippen LogP contribution >= 0.6 is 0 Å². The normalized spacial score (nSPS) is 12.3. The van der Waals surface area contributed by atoms with E-state index in [0.29, 0.717) is 30.1 Å². The second-order valence-corrected chi connectivity index (χ2v) is 5.60. The molecule has 0 aliphatic heterocycles. The number of anilines is 1. The van der Waals surface area contributed by atoms with Crippen molar-refractivity contribution in [3.8, 4) is 0 Å². The summed E-state index contributed by atoms with van der Waals surface area (Å²) in [5, 5.41) is 6.44. The number of hydrogen-bond acceptors (Lipinski definition) is 2. The number of nitrogens with zero attached hydrogens (tertiary/aromatic N) is 2. The second-order valence-electron chi connectivity index (χ2n) is 5.60. The molecule has 0 saturated heterocycles. The Morgan fingerprint density at radius 3 is 2.04 bits per heavy atom. The predicted molar refractivity (Wildman–Crippen MR) is 81.4 cm³/mol. The Labute approximate surface area is 144 Å². The molecular formula is C16H15F6N3O. The average molecular weight is 379 g/mol. The molecule has 2 aromatic rings. The molecule has 1 heterocycles. The molecule has 1 N–H and O–H groups in total. The first kappa shape index (κ1) is 19.8. The van der Waals surface area contributed by atoms with E-state index in [0.717, 1.165) is 0 Å². The van der Waals surface area contributed by atoms with Gasteiger partial charge in [-0.2, -0.15) is 31.4 Å². The molecule has 1 aromatic heterocycles. The van der Waals surface area contributed by atoms with Crippen molar-refractivity contribution in [1.29, 1.82) is 0 Å². The molecule has 0 saturated carbocycles. The van der Waals surface area contributed by atoms with Gasteiger partial charge < -0.3 is 5.32 Å². The third-order valence-electron chi connectivity index (χ3n) is 3.69. The molecular weight excluding hydrogens is 364 g/mol. The van der Waals surface area contributed by atoms with Crippen molar-refractivity contribution in [2.45, 2.75) is 39.2 Å². The highest BCUT2D eigenvalue weighted by atomic mass is 19.4. The number of carbonyl (C=O) groups is 1. The maximum absolute atomic E-state index is 12.8. The van der Waals surface area contributed by atoms with Crippen LogP contribution in [0.5, 0.6) is 0 Å². The summed E-state index contributed by atoms with van der Waals surface area (Å²) < 4.78 is 78.6. The van der Waals surface area contributed by atoms with Crippen molar-refractivity contribution >= 4 is 11.6 Å². The average Bonchev–Trinajstić information content (AvgIpc) is 2.85. The van der Waals surface area contributed by atoms with E-state index >= 15 is 0 Å². The topological polar surface area (TPSA) is 46.9 Å². The lowest BCUT2D eigenvalue weighted by molar-refractivity contribution is -0.143. The SMILES string of the molecule is CCn1ncc(NC(=O)Cc2cc(C(F)(F)F)cc(C(F)(F)F)c2)c1C. The molecule has 0 unspecified atom stereocenters. The molecule has 2 rings (SSSR count). The van der Waals surface area contributed by atoms with Gasteiger partial charge in [-0.25, -0.2) is 0 Å². The van der Waals surface area contributed by atoms with Crippen molar-refractivity contribution in [3.05, 3.63) is 46.8 Å². The zero-order chi connectivity index (χ0) is 19.7. The molecule has 142 valence electrons. The van der Waals surface area contributed by atoms with Gasteiger partial charge in [-0.15, -0.1) is 0 Å². The minimum Gasteiger partial charge on any atom is -0.323 e. The van der Waals surface area contributed by atoms with Crippen LogP contribution in [0.1, 0.15) is 29.3 Å². The van der Waals surface area contributed by atoms with Crippen molar-refractivity contribution in [1.82, 2.24) is 9.78 Å². The van der Waals surface area contributed by atoms with E-state index in [9.17, 15) is 31.1 Å². The van der Waals surface area contributed by atoms with Gasteiger partial charge in [0, 0.05) is 6.54 Å². The summed E-state index contributed by atoms with van der Waals surface area (Å²) in [7, 11) is 0. The Hall–Kier alpha value is -2.52. The predicted octanol–water partition coefficient (Wildman–Crippen LogP) is 4.43. The summed E-state index contributed by atoms with van der Waals surface area (Å²) >= 11 is 0. The molecule has 0 aliphatic carbocycles. The highest BCUT2D eigenvalue weighted by Crippen LogP contribution is 2.36. The standard InChI is InChI=1S/C16H15F6N3O/c1-3-25-9(2)13(8-23-25)24-14(26)6-10-4-11(15(17,18)19)7-12(5-10)16(20,21)22/h4-5,7-8H,3,6H2,1-2H3,(H,24,26). The van der Waals surface area contributed by atoms with Crippen LogP contribution in [0.15, 0.2) is 24.4 Å². The van der Waals surface area contributed by atoms with E-state index in [-0.39, 0.29) is 11.6 Å². The van der Waals surface area contributed by atoms with Crippen LogP contribution in [0.4, 0.5) is 32.0 Å². The second kappa shape index (κ2) is 7.00. The smallest absolute Gasteiger partial charge is 0.323 e. The Kier molecular flexibility index (Phi) is 5.33. The number of amides is 1. The van der Waals surface area contributed by atoms with E-state index < -0.39 is 35.8 Å². The number of rotatable bonds is 4. The van der Waals surface area contributed by atoms with E-state index in [2.05, 4.69) is 10.4 Å². The summed E-state index contributed by atoms with van der Waals surface area (Å²) in [6, 6.07) is 1.10. The number of aryl methyl sites for hydroxylation is 1. The zero-order valence-corrected chi connectivity index (χ0v) is 13.8. The fourth-order valence-electron chi connectivity index (χ4n) is 2.39. The first-order valence-electron chi connectivity index (χ1n) is 7.52. The van der Waals surface area contributed by atoms with Gasteiger partial charge in [-0.3, -0.25) is 9.48 Å². The molecule has 10 heteroatoms. The Balaban J connectivity index is 2.27. The van der Waals surface area contributed by atoms with Crippen LogP contribution in [0, 0.1) is 6.92 Å². The number of halogens is 6. The first-order valence-corrected chi connectivity index (χ1v) is 7.52. The number of carbonyl (C=O) groups excluding carboxylic acids is 1. The van der Waals surface area contributed by atoms with Gasteiger partial charge in [-0.05, 0) is 37.6 Å². The third-order valence-corrected chi connectivity index (χ3v) is 3.69. The lowest BCUT2D eigenvalue weighted by Crippen LogP contribution is -2.17. The van der Waals surface area contributed by atoms with Gasteiger partial charge in [0.05, 0.1) is 35.1 Å². The van der Waals surface area contributed by atoms with Crippen molar-refractivity contribution in [2.75, 3.05) is 5.32 Å². The largest absolute Gasteiger partial charge is 0.416 e. The molecule has 4 nitrogen and oxygen atoms in total. The summed E-state index contributed by atoms with van der Waals surface area (Å²) in [4.78, 5) is 12.0. The summed E-state index contributed by atoms with van der Waals surface area (Å²) in [5.41, 5.74) is -2.32. The first-order chi connectivity index (χ1) is 11.9. The highest BCUT2D eigenvalue weighted by Gasteiger charge is 2.37. The van der Waals surface area contributed by atoms with Crippen molar-refractivity contribution < 1.29 is 31.1 Å². The number of nitrogens with one attached hydrogen (secondary N) is 1. The van der Waals surface area contributed by atoms with Gasteiger partial charge in [0.25, 0.3) is 0 Å². The van der Waals surface area contributed by atoms with Gasteiger partial charge >= 0.3 is 12.4 Å². The fourth-order valence-corrected chi connectivity index (χ4v) is 2.39. The van der Waals surface area contributed by atoms with E-state index in [1.54, 1.807) is 11.6 Å². The fraction of sp³-hybridized carbons (Fsp3) is 0.375. The minimum atomic E-state index is -4.95. The van der Waals surface area contributed by atoms with Crippen LogP contribution in [-0.4, -0.2) is 15.7 Å². The molecule has 0 bridgehead atoms. The molecule has 1 aromatic carbocycles. The Morgan fingerprint density at radius 2 is 1.62 bits per heavy atom. The van der Waals surface area contributed by atoms with Gasteiger partial charge in [-0.1, -0.05) is 0 Å². The van der Waals surface area contributed by atoms with Gasteiger partial charge in [0.2, 0.25) is 5.91 Å². The van der Waals surface area contributed by atoms with Crippen LogP contribution < -0.4 is 5.32 Å². The van der Waals surface area contributed by atoms with E-state index in [1.165, 1.54) is 6.20 Å². The molecule has 0 aliphatic rings. The number of alkyl halides is 6. The van der Waals surface area contributed by atoms with Gasteiger partial charge in [0.1, 0.15) is 0 Å². The number of hydrogen-bond donors (Lipinski definition) is 1. The van der Waals surface area contributed by atoms with E-state index in [1.807, 2.05) is 6.92 Å². The third kappa shape index (κ3) is 4.55. The van der Waals surface area contributed by atoms with Crippen LogP contribution in [0.3, 0.4) is 0 Å². The molecule has 0 spiro atoms. The van der Waals surface area contributed by atoms with Crippen molar-refractivity contribution in [2.24, 2.45) is 0 Å². The summed E-state index contributed by atoms with van der Waals surface area (Å²) in [6.07, 6.45) is -9.18. The molecule has 0 atom stereocenters. The van der Waals surface area contributed by atoms with E-state index in [4.69, 9.17) is 0 Å². The Morgan fingerprint density at radius 1 is 1.08 bits per heavy atom. The molecule has 0 radical (unpaired) electrons. The monoisotopic (exact) mass is 379 g/mol. The Bertz CT molecular complexity index is 775. The maximum atomic E-state index is 12.8. The zero-order valence-electron chi connectivity index (χ0n) is 13.8. The van der Waals surface area contributed by atoms with Crippen LogP contribution in [0.2, 0.25) is 0 Å². The molecule has 1 amide bonds. The summed E-state index contributed by atoms with van der Waals surface area (Å²) in [5.74, 6) is -0.740. The highest BCUT2D eigenvalue weighted by molar-refractivity contribution is 5.92. The van der Waals surface area contributed by atoms with Crippen LogP contribution in [0.25, 0.3) is 0 Å².